The van der Waals surface area contributed by atoms with Crippen LogP contribution in [-0.2, 0) is 16.1 Å². The van der Waals surface area contributed by atoms with Gasteiger partial charge in [0.1, 0.15) is 6.54 Å². The Hall–Kier alpha value is -2.55. The van der Waals surface area contributed by atoms with E-state index in [-0.39, 0.29) is 23.6 Å². The van der Waals surface area contributed by atoms with Crippen molar-refractivity contribution in [3.05, 3.63) is 68.6 Å². The van der Waals surface area contributed by atoms with Crippen molar-refractivity contribution in [1.82, 2.24) is 9.47 Å². The molecule has 2 saturated heterocycles. The molecule has 0 atom stereocenters. The molecule has 2 aliphatic heterocycles. The number of fused-ring (bicyclic) bond motifs is 1. The largest absolute Gasteiger partial charge is 0.341 e. The van der Waals surface area contributed by atoms with Gasteiger partial charge in [0.05, 0.1) is 10.6 Å². The number of thioether (sulfide) groups is 1. The topological polar surface area (TPSA) is 62.6 Å². The van der Waals surface area contributed by atoms with Crippen LogP contribution in [0.4, 0.5) is 10.5 Å². The number of hydrogen-bond acceptors (Lipinski definition) is 4. The van der Waals surface area contributed by atoms with Crippen molar-refractivity contribution >= 4 is 79.0 Å². The summed E-state index contributed by atoms with van der Waals surface area (Å²) in [6, 6.07) is 12.5. The second kappa shape index (κ2) is 10.2. The van der Waals surface area contributed by atoms with Crippen LogP contribution in [0.15, 0.2) is 58.0 Å². The summed E-state index contributed by atoms with van der Waals surface area (Å²) < 4.78 is 2.82. The molecule has 1 aromatic heterocycles. The highest BCUT2D eigenvalue weighted by Gasteiger charge is 2.36. The molecule has 3 aromatic rings. The summed E-state index contributed by atoms with van der Waals surface area (Å²) in [7, 11) is 0. The zero-order valence-corrected chi connectivity index (χ0v) is 22.0. The minimum Gasteiger partial charge on any atom is -0.341 e. The van der Waals surface area contributed by atoms with Crippen LogP contribution >= 0.6 is 39.3 Å². The lowest BCUT2D eigenvalue weighted by Crippen LogP contribution is -2.34. The van der Waals surface area contributed by atoms with E-state index >= 15 is 0 Å². The third-order valence-electron chi connectivity index (χ3n) is 6.29. The molecule has 5 rings (SSSR count). The minimum atomic E-state index is -0.390. The van der Waals surface area contributed by atoms with Gasteiger partial charge in [-0.3, -0.25) is 14.4 Å². The molecular weight excluding hydrogens is 550 g/mol. The molecule has 0 aliphatic carbocycles. The Morgan fingerprint density at radius 3 is 2.57 bits per heavy atom. The molecule has 35 heavy (non-hydrogen) atoms. The Bertz CT molecular complexity index is 1360. The molecule has 0 unspecified atom stereocenters. The fourth-order valence-corrected chi connectivity index (χ4v) is 5.93. The zero-order chi connectivity index (χ0) is 24.5. The third kappa shape index (κ3) is 5.06. The predicted molar refractivity (Wildman–Crippen MR) is 145 cm³/mol. The van der Waals surface area contributed by atoms with Gasteiger partial charge in [-0.05, 0) is 67.1 Å². The zero-order valence-electron chi connectivity index (χ0n) is 18.9. The fraction of sp³-hybridized carbons (Fsp3) is 0.269. The summed E-state index contributed by atoms with van der Waals surface area (Å²) >= 11 is 10.5. The van der Waals surface area contributed by atoms with Crippen LogP contribution in [0, 0.1) is 0 Å². The van der Waals surface area contributed by atoms with Crippen molar-refractivity contribution in [2.45, 2.75) is 32.2 Å². The average molecular weight is 573 g/mol. The SMILES string of the molecule is O=C(Cn1cc(/C=C2\SC(=O)N(c3cccc(Cl)c3)C2=O)c2cc(Br)ccc21)N1CCCCCC1. The van der Waals surface area contributed by atoms with E-state index in [1.807, 2.05) is 33.9 Å². The second-order valence-corrected chi connectivity index (χ2v) is 11.0. The Kier molecular flexibility index (Phi) is 7.05. The molecule has 2 aromatic carbocycles. The van der Waals surface area contributed by atoms with Crippen molar-refractivity contribution in [1.29, 1.82) is 0 Å². The molecule has 0 radical (unpaired) electrons. The number of aromatic nitrogens is 1. The molecule has 3 heterocycles. The van der Waals surface area contributed by atoms with Gasteiger partial charge >= 0.3 is 0 Å². The van der Waals surface area contributed by atoms with Crippen LogP contribution in [0.1, 0.15) is 31.2 Å². The van der Waals surface area contributed by atoms with Crippen LogP contribution in [0.2, 0.25) is 5.02 Å². The first-order valence-corrected chi connectivity index (χ1v) is 13.5. The summed E-state index contributed by atoms with van der Waals surface area (Å²) in [6.45, 7) is 1.83. The first-order valence-electron chi connectivity index (χ1n) is 11.5. The average Bonchev–Trinajstić information content (AvgIpc) is 3.13. The maximum atomic E-state index is 13.2. The van der Waals surface area contributed by atoms with E-state index in [4.69, 9.17) is 11.6 Å². The number of rotatable bonds is 4. The predicted octanol–water partition coefficient (Wildman–Crippen LogP) is 6.70. The van der Waals surface area contributed by atoms with Crippen molar-refractivity contribution in [3.8, 4) is 0 Å². The van der Waals surface area contributed by atoms with Gasteiger partial charge in [0, 0.05) is 45.2 Å². The van der Waals surface area contributed by atoms with E-state index in [9.17, 15) is 14.4 Å². The quantitative estimate of drug-likeness (QED) is 0.326. The molecule has 0 N–H and O–H groups in total. The van der Waals surface area contributed by atoms with E-state index in [0.29, 0.717) is 15.6 Å². The monoisotopic (exact) mass is 571 g/mol. The summed E-state index contributed by atoms with van der Waals surface area (Å²) in [6.07, 6.45) is 8.03. The summed E-state index contributed by atoms with van der Waals surface area (Å²) in [4.78, 5) is 42.3. The highest BCUT2D eigenvalue weighted by atomic mass is 79.9. The number of carbonyl (C=O) groups is 3. The van der Waals surface area contributed by atoms with E-state index in [0.717, 1.165) is 63.5 Å². The summed E-state index contributed by atoms with van der Waals surface area (Å²) in [5, 5.41) is 0.981. The normalized spacial score (nSPS) is 18.1. The standard InChI is InChI=1S/C26H23BrClN3O3S/c27-18-8-9-22-21(13-18)17(15-30(22)16-24(32)29-10-3-1-2-4-11-29)12-23-25(33)31(26(34)35-23)20-7-5-6-19(28)14-20/h5-9,12-15H,1-4,10-11,16H2/b23-12-. The van der Waals surface area contributed by atoms with Crippen molar-refractivity contribution in [3.63, 3.8) is 0 Å². The molecule has 0 spiro atoms. The van der Waals surface area contributed by atoms with E-state index < -0.39 is 0 Å². The Morgan fingerprint density at radius 1 is 1.06 bits per heavy atom. The maximum Gasteiger partial charge on any atom is 0.298 e. The smallest absolute Gasteiger partial charge is 0.298 e. The number of hydrogen-bond donors (Lipinski definition) is 0. The van der Waals surface area contributed by atoms with Crippen LogP contribution in [0.3, 0.4) is 0 Å². The number of likely N-dealkylation sites (tertiary alicyclic amines) is 1. The van der Waals surface area contributed by atoms with Crippen molar-refractivity contribution in [2.24, 2.45) is 0 Å². The number of benzene rings is 2. The number of carbonyl (C=O) groups excluding carboxylic acids is 3. The molecule has 180 valence electrons. The van der Waals surface area contributed by atoms with E-state index in [1.165, 1.54) is 12.8 Å². The van der Waals surface area contributed by atoms with Crippen LogP contribution < -0.4 is 4.90 Å². The fourth-order valence-electron chi connectivity index (χ4n) is 4.56. The molecule has 0 bridgehead atoms. The third-order valence-corrected chi connectivity index (χ3v) is 7.88. The number of halogens is 2. The Balaban J connectivity index is 1.47. The molecule has 2 fully saturated rings. The van der Waals surface area contributed by atoms with Gasteiger partial charge in [0.15, 0.2) is 0 Å². The highest BCUT2D eigenvalue weighted by molar-refractivity contribution is 9.10. The van der Waals surface area contributed by atoms with Crippen molar-refractivity contribution in [2.75, 3.05) is 18.0 Å². The van der Waals surface area contributed by atoms with Gasteiger partial charge in [0.2, 0.25) is 5.91 Å². The van der Waals surface area contributed by atoms with Gasteiger partial charge in [-0.25, -0.2) is 4.90 Å². The molecule has 2 aliphatic rings. The number of nitrogens with zero attached hydrogens (tertiary/aromatic N) is 3. The summed E-state index contributed by atoms with van der Waals surface area (Å²) in [5.74, 6) is -0.293. The highest BCUT2D eigenvalue weighted by Crippen LogP contribution is 2.38. The maximum absolute atomic E-state index is 13.2. The van der Waals surface area contributed by atoms with Crippen LogP contribution in [0.25, 0.3) is 17.0 Å². The van der Waals surface area contributed by atoms with Gasteiger partial charge in [-0.15, -0.1) is 0 Å². The van der Waals surface area contributed by atoms with E-state index in [1.54, 1.807) is 30.3 Å². The van der Waals surface area contributed by atoms with Gasteiger partial charge in [0.25, 0.3) is 11.1 Å². The lowest BCUT2D eigenvalue weighted by molar-refractivity contribution is -0.131. The number of imide groups is 1. The molecule has 3 amide bonds. The first-order chi connectivity index (χ1) is 16.9. The summed E-state index contributed by atoms with van der Waals surface area (Å²) in [5.41, 5.74) is 2.12. The Morgan fingerprint density at radius 2 is 1.83 bits per heavy atom. The molecular formula is C26H23BrClN3O3S. The lowest BCUT2D eigenvalue weighted by atomic mass is 10.1. The molecule has 6 nitrogen and oxygen atoms in total. The molecule has 0 saturated carbocycles. The number of amides is 3. The number of anilines is 1. The second-order valence-electron chi connectivity index (χ2n) is 8.67. The van der Waals surface area contributed by atoms with E-state index in [2.05, 4.69) is 15.9 Å². The van der Waals surface area contributed by atoms with Crippen LogP contribution in [0.5, 0.6) is 0 Å². The lowest BCUT2D eigenvalue weighted by Gasteiger charge is -2.20. The van der Waals surface area contributed by atoms with Gasteiger partial charge in [-0.1, -0.05) is 46.4 Å². The first kappa shape index (κ1) is 24.2. The molecule has 9 heteroatoms. The van der Waals surface area contributed by atoms with Crippen molar-refractivity contribution < 1.29 is 14.4 Å². The minimum absolute atomic E-state index is 0.0968. The Labute approximate surface area is 221 Å². The van der Waals surface area contributed by atoms with Crippen LogP contribution in [-0.4, -0.2) is 39.6 Å². The van der Waals surface area contributed by atoms with Gasteiger partial charge in [-0.2, -0.15) is 0 Å². The van der Waals surface area contributed by atoms with Gasteiger partial charge < -0.3 is 9.47 Å².